The summed E-state index contributed by atoms with van der Waals surface area (Å²) < 4.78 is 5.40. The maximum Gasteiger partial charge on any atom is 0.251 e. The number of rotatable bonds is 3. The van der Waals surface area contributed by atoms with Gasteiger partial charge in [-0.3, -0.25) is 4.79 Å². The molecule has 0 aromatic heterocycles. The molecule has 4 heteroatoms. The van der Waals surface area contributed by atoms with Crippen LogP contribution in [0.3, 0.4) is 0 Å². The van der Waals surface area contributed by atoms with Gasteiger partial charge in [0.1, 0.15) is 6.10 Å². The van der Waals surface area contributed by atoms with Crippen molar-refractivity contribution >= 4 is 5.91 Å². The fourth-order valence-electron chi connectivity index (χ4n) is 1.84. The van der Waals surface area contributed by atoms with Crippen molar-refractivity contribution < 1.29 is 14.6 Å². The van der Waals surface area contributed by atoms with Gasteiger partial charge in [0, 0.05) is 20.2 Å². The van der Waals surface area contributed by atoms with Crippen LogP contribution in [-0.4, -0.2) is 47.8 Å². The van der Waals surface area contributed by atoms with Crippen LogP contribution in [0.25, 0.3) is 0 Å². The standard InChI is InChI=1S/C11H21NO3/c1-11(2,14)8-12(3)10(13)9-6-4-5-7-15-9/h9,14H,4-8H2,1-3H3. The van der Waals surface area contributed by atoms with Crippen molar-refractivity contribution in [1.82, 2.24) is 4.90 Å². The van der Waals surface area contributed by atoms with E-state index in [-0.39, 0.29) is 12.0 Å². The molecule has 1 fully saturated rings. The summed E-state index contributed by atoms with van der Waals surface area (Å²) in [5, 5.41) is 9.60. The van der Waals surface area contributed by atoms with Crippen LogP contribution < -0.4 is 0 Å². The van der Waals surface area contributed by atoms with Crippen molar-refractivity contribution in [2.24, 2.45) is 0 Å². The maximum atomic E-state index is 11.9. The quantitative estimate of drug-likeness (QED) is 0.757. The lowest BCUT2D eigenvalue weighted by molar-refractivity contribution is -0.147. The second kappa shape index (κ2) is 4.94. The molecule has 1 amide bonds. The highest BCUT2D eigenvalue weighted by Gasteiger charge is 2.27. The highest BCUT2D eigenvalue weighted by atomic mass is 16.5. The molecule has 0 radical (unpaired) electrons. The van der Waals surface area contributed by atoms with Crippen molar-refractivity contribution in [3.05, 3.63) is 0 Å². The van der Waals surface area contributed by atoms with Crippen molar-refractivity contribution in [2.75, 3.05) is 20.2 Å². The number of amides is 1. The summed E-state index contributed by atoms with van der Waals surface area (Å²) in [6.07, 6.45) is 2.59. The zero-order valence-electron chi connectivity index (χ0n) is 9.82. The van der Waals surface area contributed by atoms with Gasteiger partial charge in [-0.15, -0.1) is 0 Å². The summed E-state index contributed by atoms with van der Waals surface area (Å²) in [5.41, 5.74) is -0.848. The van der Waals surface area contributed by atoms with Gasteiger partial charge in [-0.2, -0.15) is 0 Å². The average molecular weight is 215 g/mol. The smallest absolute Gasteiger partial charge is 0.251 e. The molecule has 0 aliphatic carbocycles. The lowest BCUT2D eigenvalue weighted by Gasteiger charge is -2.30. The molecule has 88 valence electrons. The molecule has 1 aliphatic rings. The first-order valence-corrected chi connectivity index (χ1v) is 5.49. The molecule has 0 bridgehead atoms. The van der Waals surface area contributed by atoms with Gasteiger partial charge in [0.05, 0.1) is 5.60 Å². The summed E-state index contributed by atoms with van der Waals surface area (Å²) in [6, 6.07) is 0. The molecule has 1 unspecified atom stereocenters. The Morgan fingerprint density at radius 1 is 1.53 bits per heavy atom. The van der Waals surface area contributed by atoms with E-state index in [4.69, 9.17) is 4.74 Å². The molecule has 1 heterocycles. The molecule has 1 atom stereocenters. The van der Waals surface area contributed by atoms with Gasteiger partial charge in [-0.1, -0.05) is 0 Å². The van der Waals surface area contributed by atoms with Gasteiger partial charge in [0.2, 0.25) is 0 Å². The minimum atomic E-state index is -0.848. The third-order valence-corrected chi connectivity index (χ3v) is 2.46. The van der Waals surface area contributed by atoms with Crippen LogP contribution in [-0.2, 0) is 9.53 Å². The normalized spacial score (nSPS) is 22.5. The first-order chi connectivity index (χ1) is 6.90. The topological polar surface area (TPSA) is 49.8 Å². The third kappa shape index (κ3) is 4.18. The van der Waals surface area contributed by atoms with Crippen LogP contribution in [0.2, 0.25) is 0 Å². The molecule has 0 saturated carbocycles. The monoisotopic (exact) mass is 215 g/mol. The first-order valence-electron chi connectivity index (χ1n) is 5.49. The van der Waals surface area contributed by atoms with E-state index in [0.717, 1.165) is 19.3 Å². The van der Waals surface area contributed by atoms with E-state index in [1.54, 1.807) is 25.8 Å². The number of likely N-dealkylation sites (N-methyl/N-ethyl adjacent to an activating group) is 1. The number of carbonyl (C=O) groups is 1. The molecule has 1 saturated heterocycles. The van der Waals surface area contributed by atoms with Crippen LogP contribution in [0.1, 0.15) is 33.1 Å². The minimum Gasteiger partial charge on any atom is -0.389 e. The number of carbonyl (C=O) groups excluding carboxylic acids is 1. The summed E-state index contributed by atoms with van der Waals surface area (Å²) in [4.78, 5) is 13.4. The molecular weight excluding hydrogens is 194 g/mol. The van der Waals surface area contributed by atoms with E-state index < -0.39 is 5.60 Å². The van der Waals surface area contributed by atoms with E-state index in [9.17, 15) is 9.90 Å². The second-order valence-corrected chi connectivity index (χ2v) is 4.86. The minimum absolute atomic E-state index is 0.0168. The highest BCUT2D eigenvalue weighted by Crippen LogP contribution is 2.15. The average Bonchev–Trinajstić information content (AvgIpc) is 2.15. The van der Waals surface area contributed by atoms with Gasteiger partial charge in [0.15, 0.2) is 0 Å². The predicted octanol–water partition coefficient (Wildman–Crippen LogP) is 0.785. The molecule has 1 aliphatic heterocycles. The van der Waals surface area contributed by atoms with Crippen LogP contribution >= 0.6 is 0 Å². The van der Waals surface area contributed by atoms with Crippen LogP contribution in [0.15, 0.2) is 0 Å². The van der Waals surface area contributed by atoms with Crippen molar-refractivity contribution in [2.45, 2.75) is 44.8 Å². The van der Waals surface area contributed by atoms with Crippen molar-refractivity contribution in [3.63, 3.8) is 0 Å². The largest absolute Gasteiger partial charge is 0.389 e. The lowest BCUT2D eigenvalue weighted by atomic mass is 10.1. The Morgan fingerprint density at radius 2 is 2.20 bits per heavy atom. The van der Waals surface area contributed by atoms with Gasteiger partial charge in [-0.05, 0) is 33.1 Å². The predicted molar refractivity (Wildman–Crippen MR) is 57.5 cm³/mol. The van der Waals surface area contributed by atoms with E-state index in [1.807, 2.05) is 0 Å². The summed E-state index contributed by atoms with van der Waals surface area (Å²) in [7, 11) is 1.71. The number of hydrogen-bond donors (Lipinski definition) is 1. The van der Waals surface area contributed by atoms with Crippen LogP contribution in [0, 0.1) is 0 Å². The molecule has 15 heavy (non-hydrogen) atoms. The molecule has 1 rings (SSSR count). The Bertz CT molecular complexity index is 216. The highest BCUT2D eigenvalue weighted by molar-refractivity contribution is 5.80. The Labute approximate surface area is 91.2 Å². The Balaban J connectivity index is 2.44. The number of ether oxygens (including phenoxy) is 1. The SMILES string of the molecule is CN(CC(C)(C)O)C(=O)C1CCCCO1. The lowest BCUT2D eigenvalue weighted by Crippen LogP contribution is -2.45. The van der Waals surface area contributed by atoms with E-state index >= 15 is 0 Å². The Morgan fingerprint density at radius 3 is 2.67 bits per heavy atom. The molecule has 1 N–H and O–H groups in total. The van der Waals surface area contributed by atoms with E-state index in [1.165, 1.54) is 0 Å². The Kier molecular flexibility index (Phi) is 4.11. The van der Waals surface area contributed by atoms with Crippen molar-refractivity contribution in [3.8, 4) is 0 Å². The Hall–Kier alpha value is -0.610. The van der Waals surface area contributed by atoms with Crippen LogP contribution in [0.4, 0.5) is 0 Å². The van der Waals surface area contributed by atoms with E-state index in [0.29, 0.717) is 13.2 Å². The zero-order valence-corrected chi connectivity index (χ0v) is 9.82. The number of nitrogens with zero attached hydrogens (tertiary/aromatic N) is 1. The third-order valence-electron chi connectivity index (χ3n) is 2.46. The maximum absolute atomic E-state index is 11.9. The van der Waals surface area contributed by atoms with E-state index in [2.05, 4.69) is 0 Å². The van der Waals surface area contributed by atoms with Gasteiger partial charge in [0.25, 0.3) is 5.91 Å². The summed E-state index contributed by atoms with van der Waals surface area (Å²) in [5.74, 6) is -0.0168. The van der Waals surface area contributed by atoms with Crippen LogP contribution in [0.5, 0.6) is 0 Å². The fourth-order valence-corrected chi connectivity index (χ4v) is 1.84. The molecule has 0 aromatic rings. The summed E-state index contributed by atoms with van der Waals surface area (Å²) in [6.45, 7) is 4.40. The second-order valence-electron chi connectivity index (χ2n) is 4.86. The van der Waals surface area contributed by atoms with Crippen molar-refractivity contribution in [1.29, 1.82) is 0 Å². The number of aliphatic hydroxyl groups is 1. The van der Waals surface area contributed by atoms with Gasteiger partial charge in [-0.25, -0.2) is 0 Å². The molecule has 4 nitrogen and oxygen atoms in total. The fraction of sp³-hybridized carbons (Fsp3) is 0.909. The van der Waals surface area contributed by atoms with Gasteiger partial charge < -0.3 is 14.7 Å². The molecular formula is C11H21NO3. The number of hydrogen-bond acceptors (Lipinski definition) is 3. The van der Waals surface area contributed by atoms with Gasteiger partial charge >= 0.3 is 0 Å². The molecule has 0 aromatic carbocycles. The summed E-state index contributed by atoms with van der Waals surface area (Å²) >= 11 is 0. The zero-order chi connectivity index (χ0) is 11.5. The molecule has 0 spiro atoms. The first kappa shape index (κ1) is 12.5.